The summed E-state index contributed by atoms with van der Waals surface area (Å²) in [6.45, 7) is 3.92. The number of halogens is 1. The first-order valence-electron chi connectivity index (χ1n) is 6.61. The predicted molar refractivity (Wildman–Crippen MR) is 77.4 cm³/mol. The Morgan fingerprint density at radius 3 is 2.47 bits per heavy atom. The van der Waals surface area contributed by atoms with Crippen LogP contribution in [0.4, 0.5) is 5.82 Å². The van der Waals surface area contributed by atoms with Gasteiger partial charge in [-0.25, -0.2) is 9.97 Å². The third kappa shape index (κ3) is 2.56. The highest BCUT2D eigenvalue weighted by Gasteiger charge is 2.20. The fourth-order valence-corrected chi connectivity index (χ4v) is 2.64. The smallest absolute Gasteiger partial charge is 0.134 e. The first-order chi connectivity index (χ1) is 9.26. The Bertz CT molecular complexity index is 573. The fraction of sp³-hybridized carbons (Fsp3) is 0.333. The number of aryl methyl sites for hydroxylation is 1. The van der Waals surface area contributed by atoms with Crippen LogP contribution in [0, 0.1) is 0 Å². The average Bonchev–Trinajstić information content (AvgIpc) is 2.82. The molecule has 2 heterocycles. The van der Waals surface area contributed by atoms with Gasteiger partial charge in [0.1, 0.15) is 16.8 Å². The summed E-state index contributed by atoms with van der Waals surface area (Å²) in [4.78, 5) is 11.1. The number of rotatable bonds is 3. The molecule has 0 spiro atoms. The van der Waals surface area contributed by atoms with Crippen LogP contribution < -0.4 is 4.90 Å². The molecule has 0 saturated heterocycles. The van der Waals surface area contributed by atoms with Crippen molar-refractivity contribution in [3.05, 3.63) is 52.4 Å². The van der Waals surface area contributed by atoms with Crippen LogP contribution in [0.25, 0.3) is 0 Å². The van der Waals surface area contributed by atoms with E-state index >= 15 is 0 Å². The summed E-state index contributed by atoms with van der Waals surface area (Å²) in [5.41, 5.74) is 2.74. The largest absolute Gasteiger partial charge is 0.348 e. The van der Waals surface area contributed by atoms with Crippen LogP contribution in [0.2, 0.25) is 5.15 Å². The molecule has 98 valence electrons. The Labute approximate surface area is 118 Å². The van der Waals surface area contributed by atoms with E-state index in [-0.39, 0.29) is 0 Å². The number of aromatic nitrogens is 2. The van der Waals surface area contributed by atoms with Crippen molar-refractivity contribution in [3.8, 4) is 0 Å². The minimum Gasteiger partial charge on any atom is -0.348 e. The SMILES string of the molecule is CCCc1nc(Cl)cc(N2Cc3ccccc3C2)n1. The van der Waals surface area contributed by atoms with E-state index in [9.17, 15) is 0 Å². The molecular formula is C15H16ClN3. The molecular weight excluding hydrogens is 258 g/mol. The maximum absolute atomic E-state index is 6.10. The topological polar surface area (TPSA) is 29.0 Å². The van der Waals surface area contributed by atoms with Gasteiger partial charge in [-0.15, -0.1) is 0 Å². The van der Waals surface area contributed by atoms with E-state index in [1.807, 2.05) is 6.07 Å². The standard InChI is InChI=1S/C15H16ClN3/c1-2-5-14-17-13(16)8-15(18-14)19-9-11-6-3-4-7-12(11)10-19/h3-4,6-8H,2,5,9-10H2,1H3. The number of hydrogen-bond donors (Lipinski definition) is 0. The summed E-state index contributed by atoms with van der Waals surface area (Å²) in [6, 6.07) is 10.4. The van der Waals surface area contributed by atoms with E-state index in [0.29, 0.717) is 5.15 Å². The molecule has 0 radical (unpaired) electrons. The average molecular weight is 274 g/mol. The van der Waals surface area contributed by atoms with Gasteiger partial charge in [0.2, 0.25) is 0 Å². The minimum absolute atomic E-state index is 0.532. The summed E-state index contributed by atoms with van der Waals surface area (Å²) in [5.74, 6) is 1.76. The van der Waals surface area contributed by atoms with Gasteiger partial charge in [-0.1, -0.05) is 42.8 Å². The van der Waals surface area contributed by atoms with Crippen molar-refractivity contribution in [2.24, 2.45) is 0 Å². The van der Waals surface area contributed by atoms with E-state index in [1.165, 1.54) is 11.1 Å². The molecule has 0 fully saturated rings. The van der Waals surface area contributed by atoms with Gasteiger partial charge < -0.3 is 4.90 Å². The molecule has 0 saturated carbocycles. The molecule has 1 aromatic carbocycles. The highest BCUT2D eigenvalue weighted by Crippen LogP contribution is 2.27. The van der Waals surface area contributed by atoms with Crippen LogP contribution in [-0.2, 0) is 19.5 Å². The summed E-state index contributed by atoms with van der Waals surface area (Å²) >= 11 is 6.10. The second kappa shape index (κ2) is 5.17. The Kier molecular flexibility index (Phi) is 3.38. The molecule has 0 unspecified atom stereocenters. The summed E-state index contributed by atoms with van der Waals surface area (Å²) in [6.07, 6.45) is 1.90. The molecule has 3 nitrogen and oxygen atoms in total. The van der Waals surface area contributed by atoms with Crippen molar-refractivity contribution in [1.82, 2.24) is 9.97 Å². The van der Waals surface area contributed by atoms with Crippen molar-refractivity contribution in [1.29, 1.82) is 0 Å². The number of hydrogen-bond acceptors (Lipinski definition) is 3. The van der Waals surface area contributed by atoms with Crippen molar-refractivity contribution in [2.45, 2.75) is 32.9 Å². The Morgan fingerprint density at radius 2 is 1.84 bits per heavy atom. The second-order valence-electron chi connectivity index (χ2n) is 4.84. The van der Waals surface area contributed by atoms with Crippen molar-refractivity contribution >= 4 is 17.4 Å². The molecule has 0 N–H and O–H groups in total. The lowest BCUT2D eigenvalue weighted by atomic mass is 10.1. The molecule has 2 aromatic rings. The zero-order valence-electron chi connectivity index (χ0n) is 10.9. The summed E-state index contributed by atoms with van der Waals surface area (Å²) in [7, 11) is 0. The molecule has 4 heteroatoms. The van der Waals surface area contributed by atoms with E-state index in [4.69, 9.17) is 11.6 Å². The zero-order valence-corrected chi connectivity index (χ0v) is 11.7. The lowest BCUT2D eigenvalue weighted by molar-refractivity contribution is 0.798. The quantitative estimate of drug-likeness (QED) is 0.800. The zero-order chi connectivity index (χ0) is 13.2. The molecule has 1 aliphatic rings. The second-order valence-corrected chi connectivity index (χ2v) is 5.23. The molecule has 0 amide bonds. The molecule has 0 atom stereocenters. The van der Waals surface area contributed by atoms with E-state index in [1.54, 1.807) is 0 Å². The van der Waals surface area contributed by atoms with Gasteiger partial charge in [0.15, 0.2) is 0 Å². The van der Waals surface area contributed by atoms with Crippen molar-refractivity contribution in [2.75, 3.05) is 4.90 Å². The maximum Gasteiger partial charge on any atom is 0.134 e. The van der Waals surface area contributed by atoms with Gasteiger partial charge in [-0.3, -0.25) is 0 Å². The summed E-state index contributed by atoms with van der Waals surface area (Å²) in [5, 5.41) is 0.532. The number of benzene rings is 1. The van der Waals surface area contributed by atoms with Crippen LogP contribution in [-0.4, -0.2) is 9.97 Å². The van der Waals surface area contributed by atoms with Crippen LogP contribution in [0.3, 0.4) is 0 Å². The Hall–Kier alpha value is -1.61. The van der Waals surface area contributed by atoms with Gasteiger partial charge in [-0.05, 0) is 17.5 Å². The fourth-order valence-electron chi connectivity index (χ4n) is 2.44. The predicted octanol–water partition coefficient (Wildman–Crippen LogP) is 3.60. The Balaban J connectivity index is 1.88. The number of nitrogens with zero attached hydrogens (tertiary/aromatic N) is 3. The third-order valence-corrected chi connectivity index (χ3v) is 3.56. The van der Waals surface area contributed by atoms with Crippen molar-refractivity contribution in [3.63, 3.8) is 0 Å². The van der Waals surface area contributed by atoms with Gasteiger partial charge in [0.25, 0.3) is 0 Å². The maximum atomic E-state index is 6.10. The summed E-state index contributed by atoms with van der Waals surface area (Å²) < 4.78 is 0. The number of anilines is 1. The molecule has 0 bridgehead atoms. The first-order valence-corrected chi connectivity index (χ1v) is 6.99. The lowest BCUT2D eigenvalue weighted by Crippen LogP contribution is -2.17. The van der Waals surface area contributed by atoms with Gasteiger partial charge in [-0.2, -0.15) is 0 Å². The van der Waals surface area contributed by atoms with Crippen LogP contribution in [0.15, 0.2) is 30.3 Å². The first kappa shape index (κ1) is 12.4. The number of fused-ring (bicyclic) bond motifs is 1. The molecule has 3 rings (SSSR count). The van der Waals surface area contributed by atoms with Crippen LogP contribution in [0.5, 0.6) is 0 Å². The van der Waals surface area contributed by atoms with E-state index in [0.717, 1.165) is 37.6 Å². The van der Waals surface area contributed by atoms with Gasteiger partial charge in [0.05, 0.1) is 0 Å². The van der Waals surface area contributed by atoms with Gasteiger partial charge >= 0.3 is 0 Å². The highest BCUT2D eigenvalue weighted by atomic mass is 35.5. The lowest BCUT2D eigenvalue weighted by Gasteiger charge is -2.17. The van der Waals surface area contributed by atoms with Crippen LogP contribution in [0.1, 0.15) is 30.3 Å². The van der Waals surface area contributed by atoms with E-state index < -0.39 is 0 Å². The molecule has 1 aliphatic heterocycles. The van der Waals surface area contributed by atoms with E-state index in [2.05, 4.69) is 46.1 Å². The third-order valence-electron chi connectivity index (χ3n) is 3.37. The normalized spacial score (nSPS) is 13.7. The Morgan fingerprint density at radius 1 is 1.16 bits per heavy atom. The monoisotopic (exact) mass is 273 g/mol. The highest BCUT2D eigenvalue weighted by molar-refractivity contribution is 6.29. The minimum atomic E-state index is 0.532. The van der Waals surface area contributed by atoms with Crippen molar-refractivity contribution < 1.29 is 0 Å². The van der Waals surface area contributed by atoms with Crippen LogP contribution >= 0.6 is 11.6 Å². The molecule has 0 aliphatic carbocycles. The molecule has 1 aromatic heterocycles. The molecule has 19 heavy (non-hydrogen) atoms. The van der Waals surface area contributed by atoms with Gasteiger partial charge in [0, 0.05) is 25.6 Å².